The molecule has 1 rings (SSSR count). The van der Waals surface area contributed by atoms with E-state index < -0.39 is 4.92 Å². The van der Waals surface area contributed by atoms with Gasteiger partial charge in [-0.2, -0.15) is 0 Å². The summed E-state index contributed by atoms with van der Waals surface area (Å²) in [6.07, 6.45) is 2.12. The van der Waals surface area contributed by atoms with Gasteiger partial charge in [-0.05, 0) is 44.4 Å². The minimum atomic E-state index is -0.435. The Morgan fingerprint density at radius 1 is 1.45 bits per heavy atom. The first-order chi connectivity index (χ1) is 9.43. The average molecular weight is 279 g/mol. The van der Waals surface area contributed by atoms with Crippen LogP contribution in [-0.2, 0) is 4.79 Å². The molecule has 0 saturated heterocycles. The Kier molecular flexibility index (Phi) is 6.11. The van der Waals surface area contributed by atoms with Crippen LogP contribution in [0, 0.1) is 23.0 Å². The molecule has 6 heteroatoms. The van der Waals surface area contributed by atoms with E-state index in [9.17, 15) is 14.9 Å². The van der Waals surface area contributed by atoms with E-state index in [1.165, 1.54) is 6.07 Å². The van der Waals surface area contributed by atoms with Crippen molar-refractivity contribution in [2.75, 3.05) is 11.9 Å². The summed E-state index contributed by atoms with van der Waals surface area (Å²) in [5.41, 5.74) is 6.63. The number of hydrogen-bond acceptors (Lipinski definition) is 4. The van der Waals surface area contributed by atoms with Crippen LogP contribution in [0.4, 0.5) is 11.4 Å². The van der Waals surface area contributed by atoms with Crippen LogP contribution in [0.25, 0.3) is 0 Å². The number of nitro groups is 1. The Balaban J connectivity index is 2.54. The van der Waals surface area contributed by atoms with Gasteiger partial charge in [-0.15, -0.1) is 0 Å². The molecule has 0 bridgehead atoms. The number of hydrogen-bond donors (Lipinski definition) is 2. The monoisotopic (exact) mass is 279 g/mol. The Morgan fingerprint density at radius 3 is 2.70 bits per heavy atom. The summed E-state index contributed by atoms with van der Waals surface area (Å²) in [6, 6.07) is 4.56. The third-order valence-corrected chi connectivity index (χ3v) is 3.20. The molecule has 20 heavy (non-hydrogen) atoms. The molecule has 1 aromatic rings. The highest BCUT2D eigenvalue weighted by molar-refractivity contribution is 5.90. The molecular formula is C14H21N3O3. The van der Waals surface area contributed by atoms with Gasteiger partial charge in [-0.25, -0.2) is 0 Å². The zero-order chi connectivity index (χ0) is 15.1. The van der Waals surface area contributed by atoms with E-state index in [2.05, 4.69) is 12.2 Å². The number of nitrogens with two attached hydrogens (primary N) is 1. The minimum absolute atomic E-state index is 0.0552. The van der Waals surface area contributed by atoms with Gasteiger partial charge in [0.05, 0.1) is 4.92 Å². The number of carbonyl (C=O) groups is 1. The first kappa shape index (κ1) is 16.1. The second kappa shape index (κ2) is 7.59. The van der Waals surface area contributed by atoms with Crippen LogP contribution in [0.2, 0.25) is 0 Å². The van der Waals surface area contributed by atoms with Crippen molar-refractivity contribution in [3.8, 4) is 0 Å². The average Bonchev–Trinajstić information content (AvgIpc) is 2.36. The van der Waals surface area contributed by atoms with Crippen molar-refractivity contribution in [3.05, 3.63) is 33.9 Å². The summed E-state index contributed by atoms with van der Waals surface area (Å²) in [7, 11) is 0. The maximum absolute atomic E-state index is 11.8. The zero-order valence-electron chi connectivity index (χ0n) is 11.9. The van der Waals surface area contributed by atoms with Gasteiger partial charge in [0.25, 0.3) is 5.69 Å². The van der Waals surface area contributed by atoms with E-state index in [1.807, 2.05) is 0 Å². The van der Waals surface area contributed by atoms with Crippen LogP contribution in [0.3, 0.4) is 0 Å². The summed E-state index contributed by atoms with van der Waals surface area (Å²) in [5.74, 6) is 0.339. The van der Waals surface area contributed by atoms with Gasteiger partial charge >= 0.3 is 0 Å². The molecule has 0 radical (unpaired) electrons. The molecule has 0 saturated carbocycles. The number of aryl methyl sites for hydroxylation is 1. The summed E-state index contributed by atoms with van der Waals surface area (Å²) in [6.45, 7) is 4.34. The second-order valence-corrected chi connectivity index (χ2v) is 5.03. The van der Waals surface area contributed by atoms with Gasteiger partial charge in [-0.3, -0.25) is 14.9 Å². The van der Waals surface area contributed by atoms with Gasteiger partial charge in [-0.1, -0.05) is 6.92 Å². The third kappa shape index (κ3) is 4.97. The fraction of sp³-hybridized carbons (Fsp3) is 0.500. The first-order valence-electron chi connectivity index (χ1n) is 6.69. The molecule has 1 amide bonds. The second-order valence-electron chi connectivity index (χ2n) is 5.03. The molecule has 6 nitrogen and oxygen atoms in total. The van der Waals surface area contributed by atoms with Gasteiger partial charge in [0.15, 0.2) is 0 Å². The molecule has 0 spiro atoms. The van der Waals surface area contributed by atoms with Crippen molar-refractivity contribution < 1.29 is 9.72 Å². The first-order valence-corrected chi connectivity index (χ1v) is 6.69. The highest BCUT2D eigenvalue weighted by atomic mass is 16.6. The lowest BCUT2D eigenvalue weighted by Crippen LogP contribution is -2.14. The standard InChI is InChI=1S/C14H21N3O3/c1-10(7-8-15)3-6-14(18)16-12-4-5-13(17(19)20)11(2)9-12/h4-5,9-10H,3,6-8,15H2,1-2H3,(H,16,18). The van der Waals surface area contributed by atoms with Crippen LogP contribution in [0.15, 0.2) is 18.2 Å². The Labute approximate surface area is 118 Å². The van der Waals surface area contributed by atoms with Gasteiger partial charge in [0.2, 0.25) is 5.91 Å². The number of carbonyl (C=O) groups excluding carboxylic acids is 1. The fourth-order valence-electron chi connectivity index (χ4n) is 1.97. The van der Waals surface area contributed by atoms with Crippen LogP contribution >= 0.6 is 0 Å². The van der Waals surface area contributed by atoms with E-state index in [-0.39, 0.29) is 11.6 Å². The molecule has 1 unspecified atom stereocenters. The molecule has 0 aromatic heterocycles. The SMILES string of the molecule is Cc1cc(NC(=O)CCC(C)CCN)ccc1[N+](=O)[O-]. The number of amides is 1. The van der Waals surface area contributed by atoms with Gasteiger partial charge in [0.1, 0.15) is 0 Å². The largest absolute Gasteiger partial charge is 0.330 e. The minimum Gasteiger partial charge on any atom is -0.330 e. The molecule has 0 heterocycles. The quantitative estimate of drug-likeness (QED) is 0.592. The molecule has 110 valence electrons. The maximum atomic E-state index is 11.8. The predicted molar refractivity (Wildman–Crippen MR) is 78.5 cm³/mol. The van der Waals surface area contributed by atoms with E-state index >= 15 is 0 Å². The summed E-state index contributed by atoms with van der Waals surface area (Å²) in [5, 5.41) is 13.5. The van der Waals surface area contributed by atoms with Crippen LogP contribution in [-0.4, -0.2) is 17.4 Å². The van der Waals surface area contributed by atoms with Crippen molar-refractivity contribution in [2.24, 2.45) is 11.7 Å². The summed E-state index contributed by atoms with van der Waals surface area (Å²) >= 11 is 0. The highest BCUT2D eigenvalue weighted by Gasteiger charge is 2.12. The number of nitrogens with one attached hydrogen (secondary N) is 1. The van der Waals surface area contributed by atoms with E-state index in [4.69, 9.17) is 5.73 Å². The number of benzene rings is 1. The highest BCUT2D eigenvalue weighted by Crippen LogP contribution is 2.21. The van der Waals surface area contributed by atoms with Crippen molar-refractivity contribution >= 4 is 17.3 Å². The molecule has 1 aromatic carbocycles. The molecule has 0 aliphatic carbocycles. The van der Waals surface area contributed by atoms with Crippen molar-refractivity contribution in [1.82, 2.24) is 0 Å². The maximum Gasteiger partial charge on any atom is 0.272 e. The van der Waals surface area contributed by atoms with Crippen LogP contribution in [0.1, 0.15) is 31.7 Å². The lowest BCUT2D eigenvalue weighted by Gasteiger charge is -2.10. The normalized spacial score (nSPS) is 11.9. The van der Waals surface area contributed by atoms with E-state index in [0.29, 0.717) is 30.1 Å². The van der Waals surface area contributed by atoms with E-state index in [1.54, 1.807) is 19.1 Å². The lowest BCUT2D eigenvalue weighted by atomic mass is 10.0. The van der Waals surface area contributed by atoms with Crippen molar-refractivity contribution in [1.29, 1.82) is 0 Å². The molecular weight excluding hydrogens is 258 g/mol. The zero-order valence-corrected chi connectivity index (χ0v) is 11.9. The van der Waals surface area contributed by atoms with Crippen LogP contribution in [0.5, 0.6) is 0 Å². The fourth-order valence-corrected chi connectivity index (χ4v) is 1.97. The van der Waals surface area contributed by atoms with Gasteiger partial charge in [0, 0.05) is 23.7 Å². The Bertz CT molecular complexity index is 489. The predicted octanol–water partition coefficient (Wildman–Crippen LogP) is 2.61. The topological polar surface area (TPSA) is 98.3 Å². The molecule has 1 atom stereocenters. The third-order valence-electron chi connectivity index (χ3n) is 3.20. The van der Waals surface area contributed by atoms with Crippen molar-refractivity contribution in [3.63, 3.8) is 0 Å². The smallest absolute Gasteiger partial charge is 0.272 e. The Hall–Kier alpha value is -1.95. The van der Waals surface area contributed by atoms with E-state index in [0.717, 1.165) is 12.8 Å². The number of rotatable bonds is 7. The summed E-state index contributed by atoms with van der Waals surface area (Å²) in [4.78, 5) is 22.0. The number of nitrogens with zero attached hydrogens (tertiary/aromatic N) is 1. The molecule has 0 aliphatic rings. The van der Waals surface area contributed by atoms with Crippen LogP contribution < -0.4 is 11.1 Å². The number of anilines is 1. The van der Waals surface area contributed by atoms with Gasteiger partial charge < -0.3 is 11.1 Å². The number of nitro benzene ring substituents is 1. The molecule has 0 fully saturated rings. The Morgan fingerprint density at radius 2 is 2.15 bits per heavy atom. The van der Waals surface area contributed by atoms with Crippen molar-refractivity contribution in [2.45, 2.75) is 33.1 Å². The lowest BCUT2D eigenvalue weighted by molar-refractivity contribution is -0.385. The molecule has 0 aliphatic heterocycles. The molecule has 3 N–H and O–H groups in total. The summed E-state index contributed by atoms with van der Waals surface area (Å²) < 4.78 is 0.